The van der Waals surface area contributed by atoms with Gasteiger partial charge in [-0.3, -0.25) is 4.68 Å². The van der Waals surface area contributed by atoms with Crippen LogP contribution >= 0.6 is 0 Å². The van der Waals surface area contributed by atoms with E-state index in [1.807, 2.05) is 17.8 Å². The van der Waals surface area contributed by atoms with E-state index in [2.05, 4.69) is 23.3 Å². The predicted octanol–water partition coefficient (Wildman–Crippen LogP) is 2.76. The third kappa shape index (κ3) is 2.07. The monoisotopic (exact) mass is 229 g/mol. The second-order valence-corrected chi connectivity index (χ2v) is 5.15. The first kappa shape index (κ1) is 10.8. The number of aromatic nitrogens is 2. The lowest BCUT2D eigenvalue weighted by molar-refractivity contribution is 0.559. The molecule has 0 spiro atoms. The van der Waals surface area contributed by atoms with Gasteiger partial charge < -0.3 is 5.73 Å². The molecule has 1 heterocycles. The molecule has 1 aliphatic carbocycles. The highest BCUT2D eigenvalue weighted by atomic mass is 15.3. The summed E-state index contributed by atoms with van der Waals surface area (Å²) in [5, 5.41) is 5.79. The minimum atomic E-state index is 0.0849. The molecule has 0 amide bonds. The van der Waals surface area contributed by atoms with Crippen LogP contribution < -0.4 is 5.73 Å². The summed E-state index contributed by atoms with van der Waals surface area (Å²) in [5.41, 5.74) is 8.50. The van der Waals surface area contributed by atoms with Gasteiger partial charge in [0.15, 0.2) is 0 Å². The van der Waals surface area contributed by atoms with Gasteiger partial charge in [-0.1, -0.05) is 31.0 Å². The van der Waals surface area contributed by atoms with Crippen LogP contribution in [0.2, 0.25) is 0 Å². The van der Waals surface area contributed by atoms with E-state index in [9.17, 15) is 0 Å². The number of rotatable bonds is 4. The second kappa shape index (κ2) is 4.15. The molecular formula is C14H19N3. The lowest BCUT2D eigenvalue weighted by Gasteiger charge is -2.08. The quantitative estimate of drug-likeness (QED) is 0.876. The van der Waals surface area contributed by atoms with Gasteiger partial charge in [0.25, 0.3) is 0 Å². The van der Waals surface area contributed by atoms with Gasteiger partial charge >= 0.3 is 0 Å². The van der Waals surface area contributed by atoms with Crippen molar-refractivity contribution in [1.29, 1.82) is 0 Å². The normalized spacial score (nSPS) is 17.5. The van der Waals surface area contributed by atoms with Crippen LogP contribution in [-0.2, 0) is 7.05 Å². The summed E-state index contributed by atoms with van der Waals surface area (Å²) < 4.78 is 1.93. The van der Waals surface area contributed by atoms with Crippen molar-refractivity contribution >= 4 is 10.9 Å². The zero-order chi connectivity index (χ0) is 11.8. The molecule has 0 bridgehead atoms. The molecule has 17 heavy (non-hydrogen) atoms. The van der Waals surface area contributed by atoms with Crippen molar-refractivity contribution < 1.29 is 0 Å². The Kier molecular flexibility index (Phi) is 2.63. The maximum atomic E-state index is 6.27. The molecule has 2 aromatic rings. The van der Waals surface area contributed by atoms with Crippen LogP contribution in [0.25, 0.3) is 10.9 Å². The fraction of sp³-hybridized carbons (Fsp3) is 0.500. The highest BCUT2D eigenvalue weighted by molar-refractivity contribution is 5.82. The molecule has 3 heteroatoms. The van der Waals surface area contributed by atoms with Gasteiger partial charge in [0, 0.05) is 18.5 Å². The minimum absolute atomic E-state index is 0.0849. The Morgan fingerprint density at radius 3 is 2.94 bits per heavy atom. The Bertz CT molecular complexity index is 525. The molecule has 0 saturated heterocycles. The maximum Gasteiger partial charge on any atom is 0.0870 e. The average molecular weight is 229 g/mol. The van der Waals surface area contributed by atoms with Crippen LogP contribution in [0.3, 0.4) is 0 Å². The predicted molar refractivity (Wildman–Crippen MR) is 69.6 cm³/mol. The van der Waals surface area contributed by atoms with E-state index in [4.69, 9.17) is 5.73 Å². The zero-order valence-electron chi connectivity index (χ0n) is 10.3. The van der Waals surface area contributed by atoms with Crippen LogP contribution in [-0.4, -0.2) is 9.78 Å². The average Bonchev–Trinajstić information content (AvgIpc) is 3.11. The van der Waals surface area contributed by atoms with Crippen molar-refractivity contribution in [2.24, 2.45) is 18.7 Å². The van der Waals surface area contributed by atoms with E-state index < -0.39 is 0 Å². The molecule has 1 atom stereocenters. The Morgan fingerprint density at radius 2 is 2.18 bits per heavy atom. The Balaban J connectivity index is 1.87. The van der Waals surface area contributed by atoms with Crippen LogP contribution in [0.4, 0.5) is 0 Å². The van der Waals surface area contributed by atoms with E-state index in [0.29, 0.717) is 0 Å². The number of nitrogens with zero attached hydrogens (tertiary/aromatic N) is 2. The fourth-order valence-electron chi connectivity index (χ4n) is 2.47. The number of aryl methyl sites for hydroxylation is 1. The highest BCUT2D eigenvalue weighted by Gasteiger charge is 2.23. The number of para-hydroxylation sites is 1. The van der Waals surface area contributed by atoms with Crippen molar-refractivity contribution in [1.82, 2.24) is 9.78 Å². The van der Waals surface area contributed by atoms with Crippen LogP contribution in [0.15, 0.2) is 24.3 Å². The van der Waals surface area contributed by atoms with E-state index in [1.165, 1.54) is 30.2 Å². The second-order valence-electron chi connectivity index (χ2n) is 5.15. The van der Waals surface area contributed by atoms with Crippen molar-refractivity contribution in [2.45, 2.75) is 31.7 Å². The molecule has 1 unspecified atom stereocenters. The van der Waals surface area contributed by atoms with Crippen molar-refractivity contribution in [3.63, 3.8) is 0 Å². The number of nitrogens with two attached hydrogens (primary N) is 1. The van der Waals surface area contributed by atoms with E-state index in [0.717, 1.165) is 18.0 Å². The standard InChI is InChI=1S/C14H19N3/c1-17-13-5-3-2-4-11(13)14(16-17)12(15)9-8-10-6-7-10/h2-5,10,12H,6-9,15H2,1H3. The number of hydrogen-bond acceptors (Lipinski definition) is 2. The summed E-state index contributed by atoms with van der Waals surface area (Å²) in [6, 6.07) is 8.40. The smallest absolute Gasteiger partial charge is 0.0870 e. The third-order valence-corrected chi connectivity index (χ3v) is 3.72. The summed E-state index contributed by atoms with van der Waals surface area (Å²) in [6.45, 7) is 0. The summed E-state index contributed by atoms with van der Waals surface area (Å²) >= 11 is 0. The molecule has 1 fully saturated rings. The summed E-state index contributed by atoms with van der Waals surface area (Å²) in [6.07, 6.45) is 5.11. The van der Waals surface area contributed by atoms with Crippen LogP contribution in [0, 0.1) is 5.92 Å². The van der Waals surface area contributed by atoms with Crippen LogP contribution in [0.1, 0.15) is 37.4 Å². The van der Waals surface area contributed by atoms with Crippen LogP contribution in [0.5, 0.6) is 0 Å². The van der Waals surface area contributed by atoms with Crippen molar-refractivity contribution in [3.8, 4) is 0 Å². The molecule has 90 valence electrons. The summed E-state index contributed by atoms with van der Waals surface area (Å²) in [7, 11) is 1.99. The maximum absolute atomic E-state index is 6.27. The number of hydrogen-bond donors (Lipinski definition) is 1. The Hall–Kier alpha value is -1.35. The fourth-order valence-corrected chi connectivity index (χ4v) is 2.47. The van der Waals surface area contributed by atoms with Crippen molar-refractivity contribution in [3.05, 3.63) is 30.0 Å². The van der Waals surface area contributed by atoms with E-state index >= 15 is 0 Å². The van der Waals surface area contributed by atoms with Gasteiger partial charge in [-0.25, -0.2) is 0 Å². The first-order valence-corrected chi connectivity index (χ1v) is 6.43. The van der Waals surface area contributed by atoms with Gasteiger partial charge in [0.05, 0.1) is 11.2 Å². The largest absolute Gasteiger partial charge is 0.323 e. The lowest BCUT2D eigenvalue weighted by Crippen LogP contribution is -2.11. The van der Waals surface area contributed by atoms with Crippen molar-refractivity contribution in [2.75, 3.05) is 0 Å². The molecule has 3 nitrogen and oxygen atoms in total. The Labute approximate surface area is 102 Å². The van der Waals surface area contributed by atoms with Gasteiger partial charge in [-0.05, 0) is 24.8 Å². The first-order chi connectivity index (χ1) is 8.25. The summed E-state index contributed by atoms with van der Waals surface area (Å²) in [5.74, 6) is 0.941. The van der Waals surface area contributed by atoms with E-state index in [-0.39, 0.29) is 6.04 Å². The van der Waals surface area contributed by atoms with E-state index in [1.54, 1.807) is 0 Å². The Morgan fingerprint density at radius 1 is 1.41 bits per heavy atom. The molecular weight excluding hydrogens is 210 g/mol. The summed E-state index contributed by atoms with van der Waals surface area (Å²) in [4.78, 5) is 0. The molecule has 0 aliphatic heterocycles. The molecule has 1 saturated carbocycles. The van der Waals surface area contributed by atoms with Gasteiger partial charge in [-0.2, -0.15) is 5.10 Å². The number of benzene rings is 1. The zero-order valence-corrected chi connectivity index (χ0v) is 10.3. The third-order valence-electron chi connectivity index (χ3n) is 3.72. The molecule has 3 rings (SSSR count). The van der Waals surface area contributed by atoms with Gasteiger partial charge in [-0.15, -0.1) is 0 Å². The molecule has 1 aromatic heterocycles. The topological polar surface area (TPSA) is 43.8 Å². The lowest BCUT2D eigenvalue weighted by atomic mass is 10.0. The highest BCUT2D eigenvalue weighted by Crippen LogP contribution is 2.36. The number of fused-ring (bicyclic) bond motifs is 1. The minimum Gasteiger partial charge on any atom is -0.323 e. The van der Waals surface area contributed by atoms with Gasteiger partial charge in [0.1, 0.15) is 0 Å². The SMILES string of the molecule is Cn1nc(C(N)CCC2CC2)c2ccccc21. The van der Waals surface area contributed by atoms with Gasteiger partial charge in [0.2, 0.25) is 0 Å². The molecule has 1 aromatic carbocycles. The molecule has 2 N–H and O–H groups in total. The molecule has 0 radical (unpaired) electrons. The molecule has 1 aliphatic rings. The first-order valence-electron chi connectivity index (χ1n) is 6.43.